The van der Waals surface area contributed by atoms with Gasteiger partial charge in [-0.15, -0.1) is 0 Å². The van der Waals surface area contributed by atoms with E-state index in [1.165, 1.54) is 48.6 Å². The molecule has 2 aromatic rings. The number of rotatable bonds is 7. The van der Waals surface area contributed by atoms with Crippen molar-refractivity contribution in [3.05, 3.63) is 80.3 Å². The SMILES string of the molecule is C=CCOc1c(Cl)cc(/C=C(\C#N)C(=O)Nc2cccc([N+](=O)[O-])c2)cc1Cl. The number of nitrogens with one attached hydrogen (secondary N) is 1. The second-order valence-corrected chi connectivity index (χ2v) is 6.16. The molecule has 2 aromatic carbocycles. The zero-order valence-electron chi connectivity index (χ0n) is 14.3. The number of hydrogen-bond acceptors (Lipinski definition) is 5. The van der Waals surface area contributed by atoms with Crippen LogP contribution in [0.4, 0.5) is 11.4 Å². The Morgan fingerprint density at radius 2 is 2.00 bits per heavy atom. The van der Waals surface area contributed by atoms with Crippen LogP contribution in [-0.4, -0.2) is 17.4 Å². The molecule has 28 heavy (non-hydrogen) atoms. The molecule has 0 unspecified atom stereocenters. The van der Waals surface area contributed by atoms with Crippen molar-refractivity contribution in [3.8, 4) is 11.8 Å². The van der Waals surface area contributed by atoms with Gasteiger partial charge in [0, 0.05) is 17.8 Å². The van der Waals surface area contributed by atoms with Crippen LogP contribution in [0.1, 0.15) is 5.56 Å². The van der Waals surface area contributed by atoms with Gasteiger partial charge in [-0.3, -0.25) is 14.9 Å². The second kappa shape index (κ2) is 9.55. The van der Waals surface area contributed by atoms with Crippen molar-refractivity contribution in [3.63, 3.8) is 0 Å². The van der Waals surface area contributed by atoms with Crippen LogP contribution < -0.4 is 10.1 Å². The summed E-state index contributed by atoms with van der Waals surface area (Å²) in [6.07, 6.45) is 2.83. The quantitative estimate of drug-likeness (QED) is 0.224. The molecule has 7 nitrogen and oxygen atoms in total. The lowest BCUT2D eigenvalue weighted by Crippen LogP contribution is -2.13. The van der Waals surface area contributed by atoms with E-state index in [0.717, 1.165) is 0 Å². The van der Waals surface area contributed by atoms with Gasteiger partial charge in [0.05, 0.1) is 15.0 Å². The second-order valence-electron chi connectivity index (χ2n) is 5.34. The molecule has 0 radical (unpaired) electrons. The maximum atomic E-state index is 12.3. The number of carbonyl (C=O) groups is 1. The number of nitrogens with zero attached hydrogens (tertiary/aromatic N) is 2. The predicted octanol–water partition coefficient (Wildman–Crippen LogP) is 5.01. The van der Waals surface area contributed by atoms with E-state index in [1.54, 1.807) is 6.07 Å². The number of nitro groups is 1. The Kier molecular flexibility index (Phi) is 7.15. The van der Waals surface area contributed by atoms with E-state index in [2.05, 4.69) is 11.9 Å². The van der Waals surface area contributed by atoms with E-state index in [1.807, 2.05) is 0 Å². The third-order valence-corrected chi connectivity index (χ3v) is 3.92. The first-order valence-corrected chi connectivity index (χ1v) is 8.51. The van der Waals surface area contributed by atoms with Crippen molar-refractivity contribution in [1.82, 2.24) is 0 Å². The molecular formula is C19H13Cl2N3O4. The molecule has 142 valence electrons. The van der Waals surface area contributed by atoms with Crippen molar-refractivity contribution < 1.29 is 14.5 Å². The molecule has 0 aliphatic rings. The average Bonchev–Trinajstić information content (AvgIpc) is 2.65. The fraction of sp³-hybridized carbons (Fsp3) is 0.0526. The first-order chi connectivity index (χ1) is 13.3. The standard InChI is InChI=1S/C19H13Cl2N3O4/c1-2-6-28-18-16(20)8-12(9-17(18)21)7-13(11-22)19(25)23-14-4-3-5-15(10-14)24(26)27/h2-5,7-10H,1,6H2,(H,23,25)/b13-7+. The van der Waals surface area contributed by atoms with Crippen LogP contribution in [0.2, 0.25) is 10.0 Å². The Hall–Kier alpha value is -3.34. The molecule has 0 aromatic heterocycles. The third-order valence-electron chi connectivity index (χ3n) is 3.36. The number of amides is 1. The van der Waals surface area contributed by atoms with Gasteiger partial charge in [-0.2, -0.15) is 5.26 Å². The van der Waals surface area contributed by atoms with Gasteiger partial charge in [-0.25, -0.2) is 0 Å². The summed E-state index contributed by atoms with van der Waals surface area (Å²) in [5, 5.41) is 23.0. The monoisotopic (exact) mass is 417 g/mol. The van der Waals surface area contributed by atoms with E-state index >= 15 is 0 Å². The molecule has 0 fully saturated rings. The van der Waals surface area contributed by atoms with Crippen molar-refractivity contribution in [2.75, 3.05) is 11.9 Å². The van der Waals surface area contributed by atoms with Crippen LogP contribution in [0.5, 0.6) is 5.75 Å². The number of anilines is 1. The summed E-state index contributed by atoms with van der Waals surface area (Å²) < 4.78 is 5.36. The van der Waals surface area contributed by atoms with Crippen LogP contribution in [0.25, 0.3) is 6.08 Å². The predicted molar refractivity (Wildman–Crippen MR) is 107 cm³/mol. The minimum absolute atomic E-state index is 0.185. The Balaban J connectivity index is 2.27. The van der Waals surface area contributed by atoms with Crippen molar-refractivity contribution in [2.45, 2.75) is 0 Å². The summed E-state index contributed by atoms with van der Waals surface area (Å²) in [7, 11) is 0. The zero-order valence-corrected chi connectivity index (χ0v) is 15.8. The molecule has 0 aliphatic carbocycles. The minimum Gasteiger partial charge on any atom is -0.486 e. The molecule has 9 heteroatoms. The van der Waals surface area contributed by atoms with Gasteiger partial charge in [-0.1, -0.05) is 41.9 Å². The van der Waals surface area contributed by atoms with E-state index in [4.69, 9.17) is 27.9 Å². The minimum atomic E-state index is -0.734. The highest BCUT2D eigenvalue weighted by molar-refractivity contribution is 6.37. The van der Waals surface area contributed by atoms with Gasteiger partial charge >= 0.3 is 0 Å². The van der Waals surface area contributed by atoms with E-state index < -0.39 is 10.8 Å². The van der Waals surface area contributed by atoms with Gasteiger partial charge in [0.2, 0.25) is 0 Å². The molecule has 1 amide bonds. The average molecular weight is 418 g/mol. The van der Waals surface area contributed by atoms with Crippen LogP contribution >= 0.6 is 23.2 Å². The molecule has 0 aliphatic heterocycles. The highest BCUT2D eigenvalue weighted by Gasteiger charge is 2.14. The fourth-order valence-electron chi connectivity index (χ4n) is 2.15. The summed E-state index contributed by atoms with van der Waals surface area (Å²) >= 11 is 12.3. The number of halogens is 2. The van der Waals surface area contributed by atoms with Crippen LogP contribution in [0, 0.1) is 21.4 Å². The highest BCUT2D eigenvalue weighted by atomic mass is 35.5. The number of nitro benzene ring substituents is 1. The Labute approximate surface area is 170 Å². The van der Waals surface area contributed by atoms with Crippen molar-refractivity contribution in [2.24, 2.45) is 0 Å². The fourth-order valence-corrected chi connectivity index (χ4v) is 2.77. The van der Waals surface area contributed by atoms with Crippen molar-refractivity contribution in [1.29, 1.82) is 5.26 Å². The zero-order chi connectivity index (χ0) is 20.7. The maximum absolute atomic E-state index is 12.3. The number of carbonyl (C=O) groups excluding carboxylic acids is 1. The molecule has 0 heterocycles. The number of hydrogen-bond donors (Lipinski definition) is 1. The summed E-state index contributed by atoms with van der Waals surface area (Å²) in [4.78, 5) is 22.6. The normalized spacial score (nSPS) is 10.7. The number of ether oxygens (including phenoxy) is 1. The van der Waals surface area contributed by atoms with Gasteiger partial charge in [0.15, 0.2) is 5.75 Å². The lowest BCUT2D eigenvalue weighted by atomic mass is 10.1. The number of non-ortho nitro benzene ring substituents is 1. The van der Waals surface area contributed by atoms with Crippen molar-refractivity contribution >= 4 is 46.6 Å². The molecule has 2 rings (SSSR count). The Bertz CT molecular complexity index is 989. The van der Waals surface area contributed by atoms with Crippen LogP contribution in [0.15, 0.2) is 54.6 Å². The van der Waals surface area contributed by atoms with E-state index in [9.17, 15) is 20.2 Å². The summed E-state index contributed by atoms with van der Waals surface area (Å²) in [5.74, 6) is -0.470. The topological polar surface area (TPSA) is 105 Å². The molecule has 1 N–H and O–H groups in total. The number of benzene rings is 2. The molecule has 0 spiro atoms. The highest BCUT2D eigenvalue weighted by Crippen LogP contribution is 2.35. The maximum Gasteiger partial charge on any atom is 0.271 e. The first kappa shape index (κ1) is 21.0. The van der Waals surface area contributed by atoms with Gasteiger partial charge in [0.1, 0.15) is 18.2 Å². The molecule has 0 saturated carbocycles. The number of nitriles is 1. The van der Waals surface area contributed by atoms with Gasteiger partial charge < -0.3 is 10.1 Å². The lowest BCUT2D eigenvalue weighted by Gasteiger charge is -2.09. The lowest BCUT2D eigenvalue weighted by molar-refractivity contribution is -0.384. The molecule has 0 saturated heterocycles. The first-order valence-electron chi connectivity index (χ1n) is 7.76. The van der Waals surface area contributed by atoms with E-state index in [0.29, 0.717) is 5.56 Å². The summed E-state index contributed by atoms with van der Waals surface area (Å²) in [6, 6.07) is 10.1. The Morgan fingerprint density at radius 3 is 2.57 bits per heavy atom. The van der Waals surface area contributed by atoms with Gasteiger partial charge in [-0.05, 0) is 29.8 Å². The molecule has 0 atom stereocenters. The smallest absolute Gasteiger partial charge is 0.271 e. The van der Waals surface area contributed by atoms with E-state index in [-0.39, 0.29) is 39.3 Å². The van der Waals surface area contributed by atoms with Crippen LogP contribution in [-0.2, 0) is 4.79 Å². The third kappa shape index (κ3) is 5.33. The Morgan fingerprint density at radius 1 is 1.32 bits per heavy atom. The summed E-state index contributed by atoms with van der Waals surface area (Å²) in [5.41, 5.74) is 0.170. The largest absolute Gasteiger partial charge is 0.486 e. The molecular weight excluding hydrogens is 405 g/mol. The summed E-state index contributed by atoms with van der Waals surface area (Å²) in [6.45, 7) is 3.75. The van der Waals surface area contributed by atoms with Crippen LogP contribution in [0.3, 0.4) is 0 Å². The molecule has 0 bridgehead atoms. The van der Waals surface area contributed by atoms with Gasteiger partial charge in [0.25, 0.3) is 11.6 Å².